The van der Waals surface area contributed by atoms with E-state index in [1.807, 2.05) is 19.1 Å². The molecule has 3 nitrogen and oxygen atoms in total. The van der Waals surface area contributed by atoms with E-state index in [2.05, 4.69) is 54.7 Å². The zero-order valence-corrected chi connectivity index (χ0v) is 14.2. The maximum Gasteiger partial charge on any atom is 0.228 e. The number of hydrogen-bond donors (Lipinski definition) is 2. The molecule has 0 aromatic heterocycles. The summed E-state index contributed by atoms with van der Waals surface area (Å²) in [7, 11) is 0. The fraction of sp³-hybridized carbons (Fsp3) is 0.533. The molecule has 1 unspecified atom stereocenters. The highest BCUT2D eigenvalue weighted by atomic mass is 127. The Bertz CT molecular complexity index is 452. The molecule has 1 amide bonds. The average Bonchev–Trinajstić information content (AvgIpc) is 2.28. The van der Waals surface area contributed by atoms with Crippen molar-refractivity contribution in [2.75, 3.05) is 11.9 Å². The summed E-state index contributed by atoms with van der Waals surface area (Å²) in [6.07, 6.45) is 0.790. The van der Waals surface area contributed by atoms with E-state index >= 15 is 0 Å². The highest BCUT2D eigenvalue weighted by Gasteiger charge is 2.24. The van der Waals surface area contributed by atoms with E-state index in [9.17, 15) is 4.79 Å². The number of hydrogen-bond acceptors (Lipinski definition) is 2. The Morgan fingerprint density at radius 3 is 2.53 bits per heavy atom. The molecule has 1 aromatic carbocycles. The Morgan fingerprint density at radius 2 is 2.05 bits per heavy atom. The predicted molar refractivity (Wildman–Crippen MR) is 89.1 cm³/mol. The maximum atomic E-state index is 12.3. The van der Waals surface area contributed by atoms with E-state index in [0.29, 0.717) is 6.54 Å². The molecule has 0 aliphatic carbocycles. The highest BCUT2D eigenvalue weighted by molar-refractivity contribution is 14.1. The van der Waals surface area contributed by atoms with Crippen molar-refractivity contribution in [1.82, 2.24) is 0 Å². The first-order valence-electron chi connectivity index (χ1n) is 6.50. The van der Waals surface area contributed by atoms with Crippen molar-refractivity contribution >= 4 is 34.2 Å². The molecule has 0 heterocycles. The summed E-state index contributed by atoms with van der Waals surface area (Å²) in [5.41, 5.74) is 7.78. The lowest BCUT2D eigenvalue weighted by atomic mass is 9.84. The van der Waals surface area contributed by atoms with E-state index in [1.165, 1.54) is 0 Å². The van der Waals surface area contributed by atoms with Crippen LogP contribution in [0.4, 0.5) is 5.69 Å². The van der Waals surface area contributed by atoms with Crippen LogP contribution in [0.2, 0.25) is 0 Å². The summed E-state index contributed by atoms with van der Waals surface area (Å²) in [6, 6.07) is 5.99. The maximum absolute atomic E-state index is 12.3. The third-order valence-electron chi connectivity index (χ3n) is 2.96. The molecule has 0 saturated heterocycles. The Balaban J connectivity index is 2.77. The minimum absolute atomic E-state index is 0.0155. The smallest absolute Gasteiger partial charge is 0.228 e. The molecule has 3 N–H and O–H groups in total. The molecule has 1 rings (SSSR count). The van der Waals surface area contributed by atoms with Crippen LogP contribution in [0.1, 0.15) is 32.8 Å². The van der Waals surface area contributed by atoms with Crippen LogP contribution in [-0.2, 0) is 4.79 Å². The van der Waals surface area contributed by atoms with Gasteiger partial charge in [-0.2, -0.15) is 0 Å². The second-order valence-electron chi connectivity index (χ2n) is 6.15. The van der Waals surface area contributed by atoms with E-state index in [0.717, 1.165) is 21.2 Å². The van der Waals surface area contributed by atoms with Crippen LogP contribution in [0.25, 0.3) is 0 Å². The normalized spacial score (nSPS) is 13.2. The molecule has 1 aromatic rings. The quantitative estimate of drug-likeness (QED) is 0.792. The van der Waals surface area contributed by atoms with Crippen molar-refractivity contribution in [1.29, 1.82) is 0 Å². The van der Waals surface area contributed by atoms with Gasteiger partial charge < -0.3 is 11.1 Å². The highest BCUT2D eigenvalue weighted by Crippen LogP contribution is 2.25. The van der Waals surface area contributed by atoms with Gasteiger partial charge in [-0.15, -0.1) is 0 Å². The molecule has 0 aliphatic heterocycles. The molecule has 4 heteroatoms. The number of halogens is 1. The first-order chi connectivity index (χ1) is 8.73. The van der Waals surface area contributed by atoms with Gasteiger partial charge in [-0.25, -0.2) is 0 Å². The van der Waals surface area contributed by atoms with Crippen molar-refractivity contribution in [3.8, 4) is 0 Å². The lowest BCUT2D eigenvalue weighted by Gasteiger charge is -2.24. The Kier molecular flexibility index (Phi) is 5.80. The van der Waals surface area contributed by atoms with Gasteiger partial charge in [0.1, 0.15) is 0 Å². The summed E-state index contributed by atoms with van der Waals surface area (Å²) < 4.78 is 1.16. The topological polar surface area (TPSA) is 55.1 Å². The summed E-state index contributed by atoms with van der Waals surface area (Å²) in [5.74, 6) is -0.125. The van der Waals surface area contributed by atoms with E-state index in [-0.39, 0.29) is 17.2 Å². The van der Waals surface area contributed by atoms with E-state index in [4.69, 9.17) is 5.73 Å². The van der Waals surface area contributed by atoms with Crippen molar-refractivity contribution in [3.05, 3.63) is 27.3 Å². The number of carbonyl (C=O) groups is 1. The molecule has 0 fully saturated rings. The summed E-state index contributed by atoms with van der Waals surface area (Å²) in [6.45, 7) is 8.75. The lowest BCUT2D eigenvalue weighted by molar-refractivity contribution is -0.120. The number of amides is 1. The van der Waals surface area contributed by atoms with Crippen LogP contribution in [0.5, 0.6) is 0 Å². The summed E-state index contributed by atoms with van der Waals surface area (Å²) in [5, 5.41) is 2.99. The first-order valence-corrected chi connectivity index (χ1v) is 7.58. The zero-order valence-electron chi connectivity index (χ0n) is 12.1. The van der Waals surface area contributed by atoms with Crippen molar-refractivity contribution in [2.24, 2.45) is 17.1 Å². The zero-order chi connectivity index (χ0) is 14.6. The molecular weight excluding hydrogens is 351 g/mol. The monoisotopic (exact) mass is 374 g/mol. The van der Waals surface area contributed by atoms with Crippen LogP contribution in [0.3, 0.4) is 0 Å². The van der Waals surface area contributed by atoms with Crippen molar-refractivity contribution in [3.63, 3.8) is 0 Å². The average molecular weight is 374 g/mol. The van der Waals surface area contributed by atoms with Gasteiger partial charge in [-0.3, -0.25) is 4.79 Å². The number of nitrogens with two attached hydrogens (primary N) is 1. The van der Waals surface area contributed by atoms with Gasteiger partial charge in [0.05, 0.1) is 5.92 Å². The Labute approximate surface area is 129 Å². The Hall–Kier alpha value is -0.620. The fourth-order valence-corrected chi connectivity index (χ4v) is 2.67. The SMILES string of the molecule is Cc1cc(I)ccc1NC(=O)C(CN)CC(C)(C)C. The predicted octanol–water partition coefficient (Wildman–Crippen LogP) is 3.55. The molecule has 0 bridgehead atoms. The number of benzene rings is 1. The van der Waals surface area contributed by atoms with Crippen LogP contribution in [0.15, 0.2) is 18.2 Å². The standard InChI is InChI=1S/C15H23IN2O/c1-10-7-12(16)5-6-13(10)18-14(19)11(9-17)8-15(2,3)4/h5-7,11H,8-9,17H2,1-4H3,(H,18,19). The van der Waals surface area contributed by atoms with E-state index in [1.54, 1.807) is 0 Å². The fourth-order valence-electron chi connectivity index (χ4n) is 2.02. The van der Waals surface area contributed by atoms with Gasteiger partial charge in [0.15, 0.2) is 0 Å². The van der Waals surface area contributed by atoms with Crippen molar-refractivity contribution in [2.45, 2.75) is 34.1 Å². The first kappa shape index (κ1) is 16.4. The molecule has 1 atom stereocenters. The molecule has 0 spiro atoms. The number of carbonyl (C=O) groups excluding carboxylic acids is 1. The van der Waals surface area contributed by atoms with Gasteiger partial charge >= 0.3 is 0 Å². The largest absolute Gasteiger partial charge is 0.330 e. The molecule has 19 heavy (non-hydrogen) atoms. The number of rotatable bonds is 4. The minimum atomic E-state index is -0.140. The number of anilines is 1. The molecule has 0 radical (unpaired) electrons. The van der Waals surface area contributed by atoms with Gasteiger partial charge in [-0.1, -0.05) is 20.8 Å². The molecule has 0 saturated carbocycles. The summed E-state index contributed by atoms with van der Waals surface area (Å²) >= 11 is 2.26. The second-order valence-corrected chi connectivity index (χ2v) is 7.39. The van der Waals surface area contributed by atoms with Crippen LogP contribution in [-0.4, -0.2) is 12.5 Å². The Morgan fingerprint density at radius 1 is 1.42 bits per heavy atom. The minimum Gasteiger partial charge on any atom is -0.330 e. The van der Waals surface area contributed by atoms with Gasteiger partial charge in [0.25, 0.3) is 0 Å². The second kappa shape index (κ2) is 6.70. The van der Waals surface area contributed by atoms with Crippen molar-refractivity contribution < 1.29 is 4.79 Å². The van der Waals surface area contributed by atoms with Gasteiger partial charge in [0, 0.05) is 15.8 Å². The lowest BCUT2D eigenvalue weighted by Crippen LogP contribution is -2.32. The van der Waals surface area contributed by atoms with Crippen LogP contribution >= 0.6 is 22.6 Å². The molecule has 0 aliphatic rings. The molecule has 106 valence electrons. The van der Waals surface area contributed by atoms with Gasteiger partial charge in [-0.05, 0) is 65.1 Å². The van der Waals surface area contributed by atoms with Crippen LogP contribution in [0, 0.1) is 21.8 Å². The number of aryl methyl sites for hydroxylation is 1. The summed E-state index contributed by atoms with van der Waals surface area (Å²) in [4.78, 5) is 12.3. The molecular formula is C15H23IN2O. The number of nitrogens with one attached hydrogen (secondary N) is 1. The third-order valence-corrected chi connectivity index (χ3v) is 3.63. The van der Waals surface area contributed by atoms with Crippen LogP contribution < -0.4 is 11.1 Å². The third kappa shape index (κ3) is 5.48. The van der Waals surface area contributed by atoms with E-state index < -0.39 is 0 Å². The van der Waals surface area contributed by atoms with Gasteiger partial charge in [0.2, 0.25) is 5.91 Å².